The van der Waals surface area contributed by atoms with Gasteiger partial charge in [0.15, 0.2) is 0 Å². The van der Waals surface area contributed by atoms with Crippen LogP contribution in [-0.2, 0) is 9.47 Å². The van der Waals surface area contributed by atoms with E-state index in [1.54, 1.807) is 24.3 Å². The van der Waals surface area contributed by atoms with E-state index in [2.05, 4.69) is 17.2 Å². The molecule has 112 valence electrons. The molecule has 1 aromatic rings. The Hall–Kier alpha value is -1.87. The van der Waals surface area contributed by atoms with Crippen molar-refractivity contribution in [3.63, 3.8) is 0 Å². The van der Waals surface area contributed by atoms with Crippen molar-refractivity contribution >= 4 is 5.91 Å². The minimum absolute atomic E-state index is 0.0560. The average Bonchev–Trinajstić information content (AvgIpc) is 2.54. The highest BCUT2D eigenvalue weighted by Crippen LogP contribution is 2.04. The van der Waals surface area contributed by atoms with Crippen molar-refractivity contribution in [2.75, 3.05) is 33.0 Å². The molecular formula is C16H19NO4. The molecule has 1 saturated heterocycles. The minimum atomic E-state index is -0.140. The number of amides is 1. The minimum Gasteiger partial charge on any atom is -0.395 e. The molecule has 1 fully saturated rings. The van der Waals surface area contributed by atoms with E-state index in [1.165, 1.54) is 0 Å². The van der Waals surface area contributed by atoms with Crippen LogP contribution in [0.2, 0.25) is 0 Å². The molecule has 2 rings (SSSR count). The summed E-state index contributed by atoms with van der Waals surface area (Å²) in [6.07, 6.45) is 0.373. The number of aliphatic hydroxyl groups excluding tert-OH is 1. The molecule has 2 N–H and O–H groups in total. The number of benzene rings is 1. The van der Waals surface area contributed by atoms with Crippen LogP contribution in [0.3, 0.4) is 0 Å². The Labute approximate surface area is 124 Å². The molecule has 1 unspecified atom stereocenters. The number of hydrogen-bond donors (Lipinski definition) is 2. The molecule has 0 aliphatic carbocycles. The zero-order valence-electron chi connectivity index (χ0n) is 11.8. The summed E-state index contributed by atoms with van der Waals surface area (Å²) in [5.74, 6) is 5.61. The molecule has 0 aromatic heterocycles. The largest absolute Gasteiger partial charge is 0.395 e. The van der Waals surface area contributed by atoms with Gasteiger partial charge in [-0.05, 0) is 24.3 Å². The first-order valence-electron chi connectivity index (χ1n) is 6.97. The topological polar surface area (TPSA) is 67.8 Å². The number of carbonyl (C=O) groups excluding carboxylic acids is 1. The van der Waals surface area contributed by atoms with Crippen molar-refractivity contribution in [3.8, 4) is 11.8 Å². The zero-order valence-corrected chi connectivity index (χ0v) is 11.8. The Morgan fingerprint density at radius 3 is 2.81 bits per heavy atom. The molecule has 1 heterocycles. The molecule has 0 bridgehead atoms. The molecule has 1 amide bonds. The normalized spacial score (nSPS) is 17.7. The highest BCUT2D eigenvalue weighted by molar-refractivity contribution is 5.94. The summed E-state index contributed by atoms with van der Waals surface area (Å²) < 4.78 is 10.7. The van der Waals surface area contributed by atoms with Crippen molar-refractivity contribution < 1.29 is 19.4 Å². The van der Waals surface area contributed by atoms with Crippen molar-refractivity contribution in [2.45, 2.75) is 12.5 Å². The molecule has 1 aliphatic heterocycles. The summed E-state index contributed by atoms with van der Waals surface area (Å²) in [6, 6.07) is 7.05. The second-order valence-corrected chi connectivity index (χ2v) is 4.63. The first kappa shape index (κ1) is 15.5. The maximum Gasteiger partial charge on any atom is 0.251 e. The van der Waals surface area contributed by atoms with Crippen molar-refractivity contribution in [1.29, 1.82) is 0 Å². The Morgan fingerprint density at radius 1 is 1.33 bits per heavy atom. The summed E-state index contributed by atoms with van der Waals surface area (Å²) in [4.78, 5) is 12.0. The van der Waals surface area contributed by atoms with Gasteiger partial charge in [0, 0.05) is 24.1 Å². The van der Waals surface area contributed by atoms with Gasteiger partial charge in [-0.1, -0.05) is 11.8 Å². The van der Waals surface area contributed by atoms with E-state index in [9.17, 15) is 4.79 Å². The van der Waals surface area contributed by atoms with Crippen molar-refractivity contribution in [3.05, 3.63) is 35.4 Å². The van der Waals surface area contributed by atoms with Gasteiger partial charge in [0.25, 0.3) is 5.91 Å². The zero-order chi connectivity index (χ0) is 14.9. The van der Waals surface area contributed by atoms with Gasteiger partial charge in [0.05, 0.1) is 32.5 Å². The first-order valence-corrected chi connectivity index (χ1v) is 6.97. The van der Waals surface area contributed by atoms with Crippen LogP contribution in [0.25, 0.3) is 0 Å². The molecule has 21 heavy (non-hydrogen) atoms. The van der Waals surface area contributed by atoms with Crippen LogP contribution in [0.4, 0.5) is 0 Å². The SMILES string of the molecule is O=C(NCC1COCCO1)c1ccc(C#CCCO)cc1. The van der Waals surface area contributed by atoms with Gasteiger partial charge in [0.1, 0.15) is 0 Å². The van der Waals surface area contributed by atoms with Crippen LogP contribution < -0.4 is 5.32 Å². The maximum absolute atomic E-state index is 12.0. The van der Waals surface area contributed by atoms with Crippen LogP contribution in [0.15, 0.2) is 24.3 Å². The van der Waals surface area contributed by atoms with Gasteiger partial charge in [-0.3, -0.25) is 4.79 Å². The van der Waals surface area contributed by atoms with E-state index in [-0.39, 0.29) is 18.6 Å². The Bertz CT molecular complexity index is 509. The number of nitrogens with one attached hydrogen (secondary N) is 1. The Balaban J connectivity index is 1.83. The van der Waals surface area contributed by atoms with Crippen LogP contribution in [0.5, 0.6) is 0 Å². The molecule has 5 nitrogen and oxygen atoms in total. The number of carbonyl (C=O) groups is 1. The van der Waals surface area contributed by atoms with Gasteiger partial charge in [-0.2, -0.15) is 0 Å². The van der Waals surface area contributed by atoms with Crippen molar-refractivity contribution in [1.82, 2.24) is 5.32 Å². The molecule has 0 saturated carbocycles. The summed E-state index contributed by atoms with van der Waals surface area (Å²) in [7, 11) is 0. The summed E-state index contributed by atoms with van der Waals surface area (Å²) in [6.45, 7) is 2.20. The lowest BCUT2D eigenvalue weighted by atomic mass is 10.1. The maximum atomic E-state index is 12.0. The molecule has 1 aromatic carbocycles. The van der Waals surface area contributed by atoms with E-state index in [0.29, 0.717) is 38.3 Å². The van der Waals surface area contributed by atoms with Crippen LogP contribution in [0.1, 0.15) is 22.3 Å². The average molecular weight is 289 g/mol. The smallest absolute Gasteiger partial charge is 0.251 e. The van der Waals surface area contributed by atoms with E-state index in [4.69, 9.17) is 14.6 Å². The summed E-state index contributed by atoms with van der Waals surface area (Å²) >= 11 is 0. The van der Waals surface area contributed by atoms with E-state index < -0.39 is 0 Å². The van der Waals surface area contributed by atoms with Gasteiger partial charge < -0.3 is 19.9 Å². The van der Waals surface area contributed by atoms with E-state index in [0.717, 1.165) is 5.56 Å². The standard InChI is InChI=1S/C16H19NO4/c18-8-2-1-3-13-4-6-14(7-5-13)16(19)17-11-15-12-20-9-10-21-15/h4-7,15,18H,2,8-12H2,(H,17,19). The lowest BCUT2D eigenvalue weighted by molar-refractivity contribution is -0.0855. The second-order valence-electron chi connectivity index (χ2n) is 4.63. The highest BCUT2D eigenvalue weighted by Gasteiger charge is 2.15. The molecular weight excluding hydrogens is 270 g/mol. The Kier molecular flexibility index (Phi) is 6.22. The number of aliphatic hydroxyl groups is 1. The van der Waals surface area contributed by atoms with Crippen LogP contribution in [0, 0.1) is 11.8 Å². The quantitative estimate of drug-likeness (QED) is 0.795. The fourth-order valence-electron chi connectivity index (χ4n) is 1.89. The van der Waals surface area contributed by atoms with Crippen molar-refractivity contribution in [2.24, 2.45) is 0 Å². The van der Waals surface area contributed by atoms with Gasteiger partial charge in [-0.15, -0.1) is 0 Å². The molecule has 1 atom stereocenters. The molecule has 0 spiro atoms. The summed E-state index contributed by atoms with van der Waals surface area (Å²) in [5.41, 5.74) is 1.41. The Morgan fingerprint density at radius 2 is 2.14 bits per heavy atom. The third-order valence-corrected chi connectivity index (χ3v) is 2.99. The fourth-order valence-corrected chi connectivity index (χ4v) is 1.89. The number of rotatable bonds is 4. The van der Waals surface area contributed by atoms with Gasteiger partial charge >= 0.3 is 0 Å². The number of hydrogen-bond acceptors (Lipinski definition) is 4. The lowest BCUT2D eigenvalue weighted by Gasteiger charge is -2.23. The third kappa shape index (κ3) is 5.20. The predicted molar refractivity (Wildman–Crippen MR) is 77.9 cm³/mol. The van der Waals surface area contributed by atoms with E-state index in [1.807, 2.05) is 0 Å². The highest BCUT2D eigenvalue weighted by atomic mass is 16.6. The van der Waals surface area contributed by atoms with Gasteiger partial charge in [-0.25, -0.2) is 0 Å². The second kappa shape index (κ2) is 8.42. The monoisotopic (exact) mass is 289 g/mol. The first-order chi connectivity index (χ1) is 10.3. The fraction of sp³-hybridized carbons (Fsp3) is 0.438. The summed E-state index contributed by atoms with van der Waals surface area (Å²) in [5, 5.41) is 11.5. The molecule has 1 aliphatic rings. The lowest BCUT2D eigenvalue weighted by Crippen LogP contribution is -2.39. The van der Waals surface area contributed by atoms with Crippen LogP contribution >= 0.6 is 0 Å². The van der Waals surface area contributed by atoms with E-state index >= 15 is 0 Å². The van der Waals surface area contributed by atoms with Gasteiger partial charge in [0.2, 0.25) is 0 Å². The van der Waals surface area contributed by atoms with Crippen LogP contribution in [-0.4, -0.2) is 50.1 Å². The molecule has 5 heteroatoms. The third-order valence-electron chi connectivity index (χ3n) is 2.99. The number of ether oxygens (including phenoxy) is 2. The predicted octanol–water partition coefficient (Wildman–Crippen LogP) is 0.566. The molecule has 0 radical (unpaired) electrons.